The number of esters is 1. The quantitative estimate of drug-likeness (QED) is 0.534. The molecule has 0 heterocycles. The van der Waals surface area contributed by atoms with Crippen molar-refractivity contribution < 1.29 is 14.3 Å². The Kier molecular flexibility index (Phi) is 7.15. The van der Waals surface area contributed by atoms with Crippen LogP contribution in [-0.2, 0) is 14.3 Å². The van der Waals surface area contributed by atoms with Gasteiger partial charge in [-0.25, -0.2) is 4.79 Å². The van der Waals surface area contributed by atoms with E-state index in [0.717, 1.165) is 18.5 Å². The lowest BCUT2D eigenvalue weighted by Gasteiger charge is -2.26. The first-order valence-corrected chi connectivity index (χ1v) is 6.61. The number of carbonyl (C=O) groups excluding carboxylic acids is 1. The molecule has 4 heteroatoms. The lowest BCUT2D eigenvalue weighted by Crippen LogP contribution is -2.33. The normalized spacial score (nSPS) is 12.4. The first kappa shape index (κ1) is 15.7. The Morgan fingerprint density at radius 2 is 2.00 bits per heavy atom. The van der Waals surface area contributed by atoms with Crippen LogP contribution in [0.3, 0.4) is 0 Å². The Balaban J connectivity index is 2.77. The van der Waals surface area contributed by atoms with Gasteiger partial charge >= 0.3 is 5.97 Å². The van der Waals surface area contributed by atoms with E-state index in [0.29, 0.717) is 13.2 Å². The molecule has 19 heavy (non-hydrogen) atoms. The Hall–Kier alpha value is -1.39. The summed E-state index contributed by atoms with van der Waals surface area (Å²) in [4.78, 5) is 14.1. The van der Waals surface area contributed by atoms with Crippen molar-refractivity contribution in [2.75, 3.05) is 33.9 Å². The number of carbonyl (C=O) groups is 1. The molecule has 0 aliphatic carbocycles. The molecular weight excluding hydrogens is 242 g/mol. The van der Waals surface area contributed by atoms with Crippen molar-refractivity contribution in [2.45, 2.75) is 19.4 Å². The van der Waals surface area contributed by atoms with Crippen LogP contribution in [0.15, 0.2) is 30.3 Å². The van der Waals surface area contributed by atoms with Gasteiger partial charge in [-0.2, -0.15) is 0 Å². The van der Waals surface area contributed by atoms with Crippen LogP contribution >= 0.6 is 0 Å². The Morgan fingerprint density at radius 1 is 1.32 bits per heavy atom. The van der Waals surface area contributed by atoms with Crippen molar-refractivity contribution in [3.8, 4) is 0 Å². The summed E-state index contributed by atoms with van der Waals surface area (Å²) < 4.78 is 10.2. The zero-order chi connectivity index (χ0) is 14.1. The van der Waals surface area contributed by atoms with Crippen molar-refractivity contribution in [3.05, 3.63) is 35.9 Å². The molecule has 0 aliphatic heterocycles. The number of hydrogen-bond acceptors (Lipinski definition) is 4. The fraction of sp³-hybridized carbons (Fsp3) is 0.533. The standard InChI is InChI=1S/C15H23NO3/c1-4-19-15(17)14(13-9-6-5-7-10-13)16(2)11-8-12-18-3/h5-7,9-10,14H,4,8,11-12H2,1-3H3. The highest BCUT2D eigenvalue weighted by molar-refractivity contribution is 5.77. The smallest absolute Gasteiger partial charge is 0.327 e. The van der Waals surface area contributed by atoms with Crippen molar-refractivity contribution in [1.29, 1.82) is 0 Å². The second kappa shape index (κ2) is 8.67. The summed E-state index contributed by atoms with van der Waals surface area (Å²) in [6, 6.07) is 9.37. The van der Waals surface area contributed by atoms with E-state index in [4.69, 9.17) is 9.47 Å². The molecule has 0 bridgehead atoms. The lowest BCUT2D eigenvalue weighted by atomic mass is 10.1. The molecule has 0 saturated heterocycles. The highest BCUT2D eigenvalue weighted by Crippen LogP contribution is 2.21. The molecule has 4 nitrogen and oxygen atoms in total. The van der Waals surface area contributed by atoms with E-state index in [1.165, 1.54) is 0 Å². The molecule has 1 rings (SSSR count). The zero-order valence-electron chi connectivity index (χ0n) is 12.0. The Labute approximate surface area is 115 Å². The van der Waals surface area contributed by atoms with Crippen molar-refractivity contribution in [3.63, 3.8) is 0 Å². The maximum absolute atomic E-state index is 12.1. The van der Waals surface area contributed by atoms with E-state index in [9.17, 15) is 4.79 Å². The van der Waals surface area contributed by atoms with Crippen LogP contribution in [0, 0.1) is 0 Å². The minimum absolute atomic E-state index is 0.200. The van der Waals surface area contributed by atoms with Gasteiger partial charge in [0.2, 0.25) is 0 Å². The molecule has 0 fully saturated rings. The molecule has 106 valence electrons. The van der Waals surface area contributed by atoms with Crippen LogP contribution in [0.4, 0.5) is 0 Å². The van der Waals surface area contributed by atoms with Crippen LogP contribution in [0.1, 0.15) is 24.9 Å². The molecule has 1 atom stereocenters. The molecule has 0 aromatic heterocycles. The van der Waals surface area contributed by atoms with E-state index in [2.05, 4.69) is 0 Å². The summed E-state index contributed by atoms with van der Waals surface area (Å²) in [5.74, 6) is -0.200. The second-order valence-electron chi connectivity index (χ2n) is 4.39. The number of benzene rings is 1. The zero-order valence-corrected chi connectivity index (χ0v) is 12.0. The third-order valence-corrected chi connectivity index (χ3v) is 2.93. The molecule has 0 N–H and O–H groups in total. The van der Waals surface area contributed by atoms with Crippen LogP contribution in [0.2, 0.25) is 0 Å². The van der Waals surface area contributed by atoms with Gasteiger partial charge < -0.3 is 9.47 Å². The first-order chi connectivity index (χ1) is 9.20. The summed E-state index contributed by atoms with van der Waals surface area (Å²) in [7, 11) is 3.62. The molecule has 0 radical (unpaired) electrons. The number of nitrogens with zero attached hydrogens (tertiary/aromatic N) is 1. The van der Waals surface area contributed by atoms with E-state index in [-0.39, 0.29) is 12.0 Å². The van der Waals surface area contributed by atoms with Gasteiger partial charge in [0.15, 0.2) is 0 Å². The molecule has 0 saturated carbocycles. The number of ether oxygens (including phenoxy) is 2. The van der Waals surface area contributed by atoms with Gasteiger partial charge in [-0.15, -0.1) is 0 Å². The molecule has 0 amide bonds. The molecular formula is C15H23NO3. The van der Waals surface area contributed by atoms with Crippen LogP contribution in [0.5, 0.6) is 0 Å². The molecule has 0 aliphatic rings. The Morgan fingerprint density at radius 3 is 2.58 bits per heavy atom. The first-order valence-electron chi connectivity index (χ1n) is 6.61. The van der Waals surface area contributed by atoms with Gasteiger partial charge in [0, 0.05) is 20.3 Å². The van der Waals surface area contributed by atoms with Crippen LogP contribution in [-0.4, -0.2) is 44.8 Å². The monoisotopic (exact) mass is 265 g/mol. The van der Waals surface area contributed by atoms with E-state index < -0.39 is 0 Å². The van der Waals surface area contributed by atoms with E-state index in [1.807, 2.05) is 49.2 Å². The minimum Gasteiger partial charge on any atom is -0.465 e. The predicted molar refractivity (Wildman–Crippen MR) is 74.9 cm³/mol. The third kappa shape index (κ3) is 5.01. The summed E-state index contributed by atoms with van der Waals surface area (Å²) in [6.45, 7) is 3.69. The summed E-state index contributed by atoms with van der Waals surface area (Å²) in [6.07, 6.45) is 0.885. The topological polar surface area (TPSA) is 38.8 Å². The third-order valence-electron chi connectivity index (χ3n) is 2.93. The fourth-order valence-corrected chi connectivity index (χ4v) is 2.01. The molecule has 1 aromatic rings. The lowest BCUT2D eigenvalue weighted by molar-refractivity contribution is -0.149. The van der Waals surface area contributed by atoms with Gasteiger partial charge in [0.1, 0.15) is 6.04 Å². The van der Waals surface area contributed by atoms with Gasteiger partial charge in [0.05, 0.1) is 6.61 Å². The van der Waals surface area contributed by atoms with Gasteiger partial charge in [0.25, 0.3) is 0 Å². The minimum atomic E-state index is -0.349. The van der Waals surface area contributed by atoms with Gasteiger partial charge in [-0.1, -0.05) is 30.3 Å². The summed E-state index contributed by atoms with van der Waals surface area (Å²) >= 11 is 0. The maximum atomic E-state index is 12.1. The average Bonchev–Trinajstić information content (AvgIpc) is 2.41. The predicted octanol–water partition coefficient (Wildman–Crippen LogP) is 2.26. The molecule has 1 unspecified atom stereocenters. The average molecular weight is 265 g/mol. The number of hydrogen-bond donors (Lipinski definition) is 0. The summed E-state index contributed by atoms with van der Waals surface area (Å²) in [5, 5.41) is 0. The summed E-state index contributed by atoms with van der Waals surface area (Å²) in [5.41, 5.74) is 0.959. The SMILES string of the molecule is CCOC(=O)C(c1ccccc1)N(C)CCCOC. The highest BCUT2D eigenvalue weighted by Gasteiger charge is 2.25. The van der Waals surface area contributed by atoms with E-state index >= 15 is 0 Å². The molecule has 0 spiro atoms. The van der Waals surface area contributed by atoms with Crippen LogP contribution in [0.25, 0.3) is 0 Å². The number of rotatable bonds is 8. The van der Waals surface area contributed by atoms with Gasteiger partial charge in [-0.3, -0.25) is 4.90 Å². The highest BCUT2D eigenvalue weighted by atomic mass is 16.5. The molecule has 1 aromatic carbocycles. The fourth-order valence-electron chi connectivity index (χ4n) is 2.01. The second-order valence-corrected chi connectivity index (χ2v) is 4.39. The van der Waals surface area contributed by atoms with Crippen molar-refractivity contribution >= 4 is 5.97 Å². The number of likely N-dealkylation sites (N-methyl/N-ethyl adjacent to an activating group) is 1. The Bertz CT molecular complexity index is 367. The van der Waals surface area contributed by atoms with E-state index in [1.54, 1.807) is 7.11 Å². The van der Waals surface area contributed by atoms with Crippen LogP contribution < -0.4 is 0 Å². The van der Waals surface area contributed by atoms with Crippen molar-refractivity contribution in [1.82, 2.24) is 4.90 Å². The maximum Gasteiger partial charge on any atom is 0.327 e. The van der Waals surface area contributed by atoms with Crippen molar-refractivity contribution in [2.24, 2.45) is 0 Å². The number of methoxy groups -OCH3 is 1. The van der Waals surface area contributed by atoms with Gasteiger partial charge in [-0.05, 0) is 26.0 Å². The largest absolute Gasteiger partial charge is 0.465 e.